The maximum Gasteiger partial charge on any atom is 0.310 e. The van der Waals surface area contributed by atoms with E-state index in [0.29, 0.717) is 26.1 Å². The molecule has 33 heavy (non-hydrogen) atoms. The average Bonchev–Trinajstić information content (AvgIpc) is 2.83. The second-order valence-corrected chi connectivity index (χ2v) is 8.90. The molecule has 4 rings (SSSR count). The molecule has 3 atom stereocenters. The second kappa shape index (κ2) is 10.4. The zero-order valence-electron chi connectivity index (χ0n) is 19.0. The number of piperidine rings is 1. The van der Waals surface area contributed by atoms with Gasteiger partial charge in [0.1, 0.15) is 18.5 Å². The lowest BCUT2D eigenvalue weighted by Crippen LogP contribution is -2.58. The van der Waals surface area contributed by atoms with E-state index < -0.39 is 11.7 Å². The van der Waals surface area contributed by atoms with Crippen molar-refractivity contribution in [2.75, 3.05) is 26.2 Å². The lowest BCUT2D eigenvalue weighted by atomic mass is 9.89. The minimum atomic E-state index is -0.437. The molecule has 2 amide bonds. The first-order chi connectivity index (χ1) is 16.0. The zero-order valence-corrected chi connectivity index (χ0v) is 19.0. The predicted molar refractivity (Wildman–Crippen MR) is 119 cm³/mol. The Morgan fingerprint density at radius 3 is 2.76 bits per heavy atom. The number of halogens is 1. The lowest BCUT2D eigenvalue weighted by Gasteiger charge is -2.45. The van der Waals surface area contributed by atoms with Gasteiger partial charge in [0.15, 0.2) is 5.76 Å². The molecule has 1 aliphatic carbocycles. The smallest absolute Gasteiger partial charge is 0.310 e. The number of fused-ring (bicyclic) bond motifs is 1. The molecule has 2 aliphatic heterocycles. The van der Waals surface area contributed by atoms with Crippen molar-refractivity contribution in [2.24, 2.45) is 5.92 Å². The Kier molecular flexibility index (Phi) is 7.30. The summed E-state index contributed by atoms with van der Waals surface area (Å²) in [7, 11) is 0. The number of ether oxygens (including phenoxy) is 2. The van der Waals surface area contributed by atoms with Crippen LogP contribution in [0, 0.1) is 11.7 Å². The van der Waals surface area contributed by atoms with Crippen molar-refractivity contribution in [1.82, 2.24) is 9.80 Å². The Morgan fingerprint density at radius 1 is 1.18 bits per heavy atom. The molecule has 2 heterocycles. The van der Waals surface area contributed by atoms with Crippen LogP contribution in [0.15, 0.2) is 30.0 Å². The van der Waals surface area contributed by atoms with Crippen molar-refractivity contribution in [3.63, 3.8) is 0 Å². The summed E-state index contributed by atoms with van der Waals surface area (Å²) >= 11 is 0. The molecule has 1 saturated carbocycles. The van der Waals surface area contributed by atoms with Crippen LogP contribution >= 0.6 is 0 Å². The van der Waals surface area contributed by atoms with Gasteiger partial charge >= 0.3 is 5.97 Å². The van der Waals surface area contributed by atoms with E-state index in [2.05, 4.69) is 0 Å². The van der Waals surface area contributed by atoms with Crippen LogP contribution in [0.1, 0.15) is 51.0 Å². The summed E-state index contributed by atoms with van der Waals surface area (Å²) in [5.41, 5.74) is 0.273. The van der Waals surface area contributed by atoms with Crippen LogP contribution in [0.2, 0.25) is 0 Å². The quantitative estimate of drug-likeness (QED) is 0.501. The molecule has 7 nitrogen and oxygen atoms in total. The maximum atomic E-state index is 14.2. The van der Waals surface area contributed by atoms with Gasteiger partial charge in [0, 0.05) is 18.7 Å². The van der Waals surface area contributed by atoms with E-state index in [0.717, 1.165) is 32.1 Å². The third-order valence-corrected chi connectivity index (χ3v) is 6.71. The third-order valence-electron chi connectivity index (χ3n) is 6.71. The predicted octanol–water partition coefficient (Wildman–Crippen LogP) is 3.14. The summed E-state index contributed by atoms with van der Waals surface area (Å²) in [6.45, 7) is 2.86. The Labute approximate surface area is 193 Å². The van der Waals surface area contributed by atoms with Gasteiger partial charge in [-0.1, -0.05) is 24.6 Å². The highest BCUT2D eigenvalue weighted by Gasteiger charge is 2.43. The molecule has 3 fully saturated rings. The van der Waals surface area contributed by atoms with E-state index in [-0.39, 0.29) is 47.8 Å². The molecule has 178 valence electrons. The highest BCUT2D eigenvalue weighted by molar-refractivity contribution is 5.98. The Morgan fingerprint density at radius 2 is 1.97 bits per heavy atom. The van der Waals surface area contributed by atoms with Crippen molar-refractivity contribution in [3.05, 3.63) is 41.4 Å². The summed E-state index contributed by atoms with van der Waals surface area (Å²) < 4.78 is 25.3. The molecule has 0 radical (unpaired) electrons. The SMILES string of the molecule is CCOC(=O)C1CCCN(C(=O)CN2C(=O)/C(=C/c3ccccc3F)OC3CCCCC32)C1. The summed E-state index contributed by atoms with van der Waals surface area (Å²) in [6.07, 6.45) is 6.12. The van der Waals surface area contributed by atoms with Crippen LogP contribution in [-0.4, -0.2) is 66.0 Å². The van der Waals surface area contributed by atoms with Gasteiger partial charge in [-0.25, -0.2) is 4.39 Å². The van der Waals surface area contributed by atoms with Crippen LogP contribution in [-0.2, 0) is 23.9 Å². The van der Waals surface area contributed by atoms with Gasteiger partial charge in [-0.2, -0.15) is 0 Å². The standard InChI is InChI=1S/C25H31FN2O5/c1-2-32-25(31)18-9-7-13-27(15-18)23(29)16-28-20-11-5-6-12-21(20)33-22(24(28)30)14-17-8-3-4-10-19(17)26/h3-4,8,10,14,18,20-21H,2,5-7,9,11-13,15-16H2,1H3/b22-14-. The van der Waals surface area contributed by atoms with Crippen molar-refractivity contribution in [1.29, 1.82) is 0 Å². The van der Waals surface area contributed by atoms with E-state index in [1.165, 1.54) is 12.1 Å². The molecule has 1 aromatic rings. The fourth-order valence-corrected chi connectivity index (χ4v) is 5.00. The monoisotopic (exact) mass is 458 g/mol. The van der Waals surface area contributed by atoms with Crippen molar-refractivity contribution in [3.8, 4) is 0 Å². The van der Waals surface area contributed by atoms with Gasteiger partial charge in [0.2, 0.25) is 5.91 Å². The van der Waals surface area contributed by atoms with Crippen molar-refractivity contribution < 1.29 is 28.2 Å². The van der Waals surface area contributed by atoms with E-state index >= 15 is 0 Å². The minimum absolute atomic E-state index is 0.0686. The van der Waals surface area contributed by atoms with Gasteiger partial charge < -0.3 is 19.3 Å². The minimum Gasteiger partial charge on any atom is -0.482 e. The first-order valence-corrected chi connectivity index (χ1v) is 11.9. The molecule has 0 spiro atoms. The number of benzene rings is 1. The molecule has 3 unspecified atom stereocenters. The number of morpholine rings is 1. The summed E-state index contributed by atoms with van der Waals surface area (Å²) in [5, 5.41) is 0. The van der Waals surface area contributed by atoms with Crippen LogP contribution in [0.5, 0.6) is 0 Å². The maximum absolute atomic E-state index is 14.2. The van der Waals surface area contributed by atoms with Gasteiger partial charge in [0.05, 0.1) is 18.6 Å². The Balaban J connectivity index is 1.52. The largest absolute Gasteiger partial charge is 0.482 e. The summed E-state index contributed by atoms with van der Waals surface area (Å²) in [4.78, 5) is 41.9. The highest BCUT2D eigenvalue weighted by Crippen LogP contribution is 2.33. The number of rotatable bonds is 5. The topological polar surface area (TPSA) is 76.2 Å². The number of carbonyl (C=O) groups is 3. The van der Waals surface area contributed by atoms with Gasteiger partial charge in [-0.15, -0.1) is 0 Å². The van der Waals surface area contributed by atoms with Crippen LogP contribution < -0.4 is 0 Å². The number of likely N-dealkylation sites (tertiary alicyclic amines) is 1. The van der Waals surface area contributed by atoms with Crippen LogP contribution in [0.25, 0.3) is 6.08 Å². The molecule has 2 saturated heterocycles. The molecule has 8 heteroatoms. The van der Waals surface area contributed by atoms with Crippen molar-refractivity contribution in [2.45, 2.75) is 57.6 Å². The second-order valence-electron chi connectivity index (χ2n) is 8.90. The first-order valence-electron chi connectivity index (χ1n) is 11.9. The first kappa shape index (κ1) is 23.3. The number of amides is 2. The van der Waals surface area contributed by atoms with E-state index in [4.69, 9.17) is 9.47 Å². The fourth-order valence-electron chi connectivity index (χ4n) is 5.00. The molecular formula is C25H31FN2O5. The average molecular weight is 459 g/mol. The third kappa shape index (κ3) is 5.20. The van der Waals surface area contributed by atoms with Crippen LogP contribution in [0.4, 0.5) is 4.39 Å². The van der Waals surface area contributed by atoms with Gasteiger partial charge in [0.25, 0.3) is 5.91 Å². The highest BCUT2D eigenvalue weighted by atomic mass is 19.1. The normalized spacial score (nSPS) is 26.5. The number of hydrogen-bond acceptors (Lipinski definition) is 5. The Bertz CT molecular complexity index is 933. The number of esters is 1. The van der Waals surface area contributed by atoms with E-state index in [9.17, 15) is 18.8 Å². The lowest BCUT2D eigenvalue weighted by molar-refractivity contribution is -0.157. The molecule has 0 N–H and O–H groups in total. The van der Waals surface area contributed by atoms with Crippen molar-refractivity contribution >= 4 is 23.9 Å². The number of carbonyl (C=O) groups excluding carboxylic acids is 3. The van der Waals surface area contributed by atoms with E-state index in [1.54, 1.807) is 34.9 Å². The van der Waals surface area contributed by atoms with Crippen LogP contribution in [0.3, 0.4) is 0 Å². The Hall–Kier alpha value is -2.90. The van der Waals surface area contributed by atoms with E-state index in [1.807, 2.05) is 0 Å². The molecular weight excluding hydrogens is 427 g/mol. The molecule has 3 aliphatic rings. The van der Waals surface area contributed by atoms with Gasteiger partial charge in [-0.3, -0.25) is 14.4 Å². The zero-order chi connectivity index (χ0) is 23.4. The molecule has 0 aromatic heterocycles. The summed E-state index contributed by atoms with van der Waals surface area (Å²) in [6, 6.07) is 6.03. The molecule has 1 aromatic carbocycles. The summed E-state index contributed by atoms with van der Waals surface area (Å²) in [5.74, 6) is -1.56. The molecule has 0 bridgehead atoms. The fraction of sp³-hybridized carbons (Fsp3) is 0.560. The number of nitrogens with zero attached hydrogens (tertiary/aromatic N) is 2. The number of hydrogen-bond donors (Lipinski definition) is 0. The van der Waals surface area contributed by atoms with Gasteiger partial charge in [-0.05, 0) is 51.2 Å².